The third-order valence-electron chi connectivity index (χ3n) is 9.85. The quantitative estimate of drug-likeness (QED) is 0.588. The van der Waals surface area contributed by atoms with Crippen LogP contribution in [0.5, 0.6) is 0 Å². The first kappa shape index (κ1) is 21.8. The summed E-state index contributed by atoms with van der Waals surface area (Å²) in [5.41, 5.74) is -0.118. The highest BCUT2D eigenvalue weighted by Gasteiger charge is 2.71. The summed E-state index contributed by atoms with van der Waals surface area (Å²) < 4.78 is 12.4. The molecule has 1 N–H and O–H groups in total. The van der Waals surface area contributed by atoms with Crippen LogP contribution in [-0.4, -0.2) is 42.1 Å². The molecule has 5 nitrogen and oxygen atoms in total. The second kappa shape index (κ2) is 6.77. The van der Waals surface area contributed by atoms with Gasteiger partial charge in [-0.25, -0.2) is 0 Å². The van der Waals surface area contributed by atoms with Gasteiger partial charge in [-0.3, -0.25) is 9.59 Å². The van der Waals surface area contributed by atoms with E-state index in [1.54, 1.807) is 0 Å². The molecule has 3 saturated carbocycles. The predicted molar refractivity (Wildman–Crippen MR) is 118 cm³/mol. The van der Waals surface area contributed by atoms with E-state index in [0.717, 1.165) is 32.1 Å². The van der Waals surface area contributed by atoms with Gasteiger partial charge in [0.15, 0.2) is 11.6 Å². The lowest BCUT2D eigenvalue weighted by Gasteiger charge is -2.61. The number of carbonyl (C=O) groups excluding carboxylic acids is 2. The minimum atomic E-state index is -0.862. The first-order valence-corrected chi connectivity index (χ1v) is 12.2. The second-order valence-electron chi connectivity index (χ2n) is 12.5. The summed E-state index contributed by atoms with van der Waals surface area (Å²) in [7, 11) is -0.418. The Labute approximate surface area is 186 Å². The van der Waals surface area contributed by atoms with Crippen LogP contribution in [0.4, 0.5) is 0 Å². The Bertz CT molecular complexity index is 845. The van der Waals surface area contributed by atoms with Gasteiger partial charge < -0.3 is 14.4 Å². The molecule has 5 aliphatic rings. The Hall–Kier alpha value is -0.975. The monoisotopic (exact) mass is 428 g/mol. The van der Waals surface area contributed by atoms with Gasteiger partial charge in [0.1, 0.15) is 5.60 Å². The third-order valence-corrected chi connectivity index (χ3v) is 9.85. The van der Waals surface area contributed by atoms with E-state index < -0.39 is 18.8 Å². The highest BCUT2D eigenvalue weighted by atomic mass is 16.6. The first-order chi connectivity index (χ1) is 14.4. The molecule has 0 radical (unpaired) electrons. The van der Waals surface area contributed by atoms with Crippen LogP contribution in [0, 0.1) is 28.6 Å². The van der Waals surface area contributed by atoms with Gasteiger partial charge in [-0.2, -0.15) is 0 Å². The van der Waals surface area contributed by atoms with Crippen molar-refractivity contribution >= 4 is 18.7 Å². The van der Waals surface area contributed by atoms with Crippen molar-refractivity contribution in [2.45, 2.75) is 96.6 Å². The van der Waals surface area contributed by atoms with Gasteiger partial charge in [-0.05, 0) is 73.1 Å². The molecule has 170 valence electrons. The summed E-state index contributed by atoms with van der Waals surface area (Å²) in [6.45, 7) is 10.8. The Morgan fingerprint density at radius 1 is 1.13 bits per heavy atom. The molecule has 0 bridgehead atoms. The van der Waals surface area contributed by atoms with E-state index in [1.165, 1.54) is 5.57 Å². The largest absolute Gasteiger partial charge is 0.463 e. The molecule has 6 heteroatoms. The number of ketones is 2. The number of aliphatic hydroxyl groups excluding tert-OH is 1. The molecule has 7 unspecified atom stereocenters. The van der Waals surface area contributed by atoms with Crippen molar-refractivity contribution in [2.24, 2.45) is 28.6 Å². The summed E-state index contributed by atoms with van der Waals surface area (Å²) >= 11 is 0. The minimum absolute atomic E-state index is 0.0505. The van der Waals surface area contributed by atoms with Crippen LogP contribution in [0.2, 0.25) is 5.31 Å². The molecule has 7 atom stereocenters. The van der Waals surface area contributed by atoms with E-state index in [4.69, 9.17) is 9.31 Å². The van der Waals surface area contributed by atoms with Crippen LogP contribution in [0.3, 0.4) is 0 Å². The molecule has 1 spiro atoms. The second-order valence-corrected chi connectivity index (χ2v) is 12.5. The molecule has 1 aliphatic heterocycles. The topological polar surface area (TPSA) is 72.8 Å². The lowest BCUT2D eigenvalue weighted by Crippen LogP contribution is -2.66. The van der Waals surface area contributed by atoms with Crippen molar-refractivity contribution in [3.63, 3.8) is 0 Å². The Kier molecular flexibility index (Phi) is 4.77. The zero-order valence-electron chi connectivity index (χ0n) is 19.7. The maximum Gasteiger partial charge on any atom is 0.463 e. The highest BCUT2D eigenvalue weighted by Crippen LogP contribution is 2.69. The maximum absolute atomic E-state index is 13.4. The lowest BCUT2D eigenvalue weighted by atomic mass is 9.45. The fourth-order valence-electron chi connectivity index (χ4n) is 8.30. The van der Waals surface area contributed by atoms with Crippen LogP contribution in [0.15, 0.2) is 11.6 Å². The molecule has 1 heterocycles. The van der Waals surface area contributed by atoms with E-state index in [0.29, 0.717) is 24.7 Å². The molecule has 0 aromatic carbocycles. The van der Waals surface area contributed by atoms with E-state index >= 15 is 0 Å². The number of carbonyl (C=O) groups is 2. The van der Waals surface area contributed by atoms with Crippen molar-refractivity contribution in [3.8, 4) is 0 Å². The van der Waals surface area contributed by atoms with Gasteiger partial charge in [0, 0.05) is 11.8 Å². The van der Waals surface area contributed by atoms with Crippen LogP contribution in [0.1, 0.15) is 79.6 Å². The molecule has 0 amide bonds. The van der Waals surface area contributed by atoms with E-state index in [2.05, 4.69) is 34.6 Å². The van der Waals surface area contributed by atoms with Crippen LogP contribution >= 0.6 is 0 Å². The number of hydrogen-bond donors (Lipinski definition) is 1. The standard InChI is InChI=1S/C25H37BO5/c1-22(2,3)26-30-14-20(29)25(31-26)11-9-18-17-7-6-15-12-16(27)8-10-23(15,4)21(17)19(28)13-24(18,25)5/h12,17-19,21,28H,6-11,13-14H2,1-5H3. The molecule has 0 aromatic rings. The lowest BCUT2D eigenvalue weighted by molar-refractivity contribution is -0.186. The van der Waals surface area contributed by atoms with Crippen LogP contribution in [-0.2, 0) is 18.9 Å². The van der Waals surface area contributed by atoms with Crippen molar-refractivity contribution in [3.05, 3.63) is 11.6 Å². The highest BCUT2D eigenvalue weighted by molar-refractivity contribution is 6.49. The van der Waals surface area contributed by atoms with Crippen molar-refractivity contribution in [1.29, 1.82) is 0 Å². The summed E-state index contributed by atoms with van der Waals surface area (Å²) in [6, 6.07) is 0. The number of allylic oxidation sites excluding steroid dienone is 1. The Balaban J connectivity index is 1.52. The summed E-state index contributed by atoms with van der Waals surface area (Å²) in [6.07, 6.45) is 6.97. The van der Waals surface area contributed by atoms with Crippen LogP contribution in [0.25, 0.3) is 0 Å². The van der Waals surface area contributed by atoms with Crippen molar-refractivity contribution in [2.75, 3.05) is 6.61 Å². The SMILES string of the molecule is CC(C)(C)B1OCC(=O)C2(CCC3C4CCC5=CC(=O)CCC5(C)C4C(O)CC32C)O1. The van der Waals surface area contributed by atoms with Gasteiger partial charge >= 0.3 is 7.12 Å². The van der Waals surface area contributed by atoms with Crippen molar-refractivity contribution in [1.82, 2.24) is 0 Å². The summed E-state index contributed by atoms with van der Waals surface area (Å²) in [5.74, 6) is 1.14. The van der Waals surface area contributed by atoms with Gasteiger partial charge in [-0.1, -0.05) is 40.2 Å². The number of hydrogen-bond acceptors (Lipinski definition) is 5. The number of Topliss-reactive ketones (excluding diaryl/α,β-unsaturated/α-hetero) is 1. The Morgan fingerprint density at radius 3 is 2.58 bits per heavy atom. The molecule has 0 aromatic heterocycles. The third kappa shape index (κ3) is 2.86. The number of aliphatic hydroxyl groups is 1. The van der Waals surface area contributed by atoms with Crippen molar-refractivity contribution < 1.29 is 24.0 Å². The Morgan fingerprint density at radius 2 is 1.87 bits per heavy atom. The zero-order chi connectivity index (χ0) is 22.4. The molecular formula is C25H37BO5. The fourth-order valence-corrected chi connectivity index (χ4v) is 8.30. The average Bonchev–Trinajstić information content (AvgIpc) is 2.96. The molecule has 4 aliphatic carbocycles. The summed E-state index contributed by atoms with van der Waals surface area (Å²) in [5, 5.41) is 11.4. The summed E-state index contributed by atoms with van der Waals surface area (Å²) in [4.78, 5) is 25.4. The van der Waals surface area contributed by atoms with Crippen LogP contribution < -0.4 is 0 Å². The van der Waals surface area contributed by atoms with Gasteiger partial charge in [0.05, 0.1) is 12.7 Å². The van der Waals surface area contributed by atoms with Gasteiger partial charge in [0.2, 0.25) is 0 Å². The number of fused-ring (bicyclic) bond motifs is 6. The zero-order valence-corrected chi connectivity index (χ0v) is 19.7. The molecular weight excluding hydrogens is 391 g/mol. The van der Waals surface area contributed by atoms with Gasteiger partial charge in [0.25, 0.3) is 0 Å². The van der Waals surface area contributed by atoms with E-state index in [9.17, 15) is 14.7 Å². The molecule has 1 saturated heterocycles. The maximum atomic E-state index is 13.4. The van der Waals surface area contributed by atoms with E-state index in [1.807, 2.05) is 6.08 Å². The fraction of sp³-hybridized carbons (Fsp3) is 0.840. The average molecular weight is 428 g/mol. The van der Waals surface area contributed by atoms with E-state index in [-0.39, 0.29) is 40.2 Å². The molecule has 5 rings (SSSR count). The van der Waals surface area contributed by atoms with Gasteiger partial charge in [-0.15, -0.1) is 0 Å². The normalized spacial score (nSPS) is 47.7. The molecule has 31 heavy (non-hydrogen) atoms. The number of rotatable bonds is 0. The minimum Gasteiger partial charge on any atom is -0.403 e. The molecule has 4 fully saturated rings. The predicted octanol–water partition coefficient (Wildman–Crippen LogP) is 4.13. The smallest absolute Gasteiger partial charge is 0.403 e. The first-order valence-electron chi connectivity index (χ1n) is 12.2.